The number of aliphatic hydroxyl groups excluding tert-OH is 2. The van der Waals surface area contributed by atoms with Crippen LogP contribution in [-0.4, -0.2) is 51.9 Å². The van der Waals surface area contributed by atoms with Crippen LogP contribution in [0.15, 0.2) is 140 Å². The van der Waals surface area contributed by atoms with Crippen molar-refractivity contribution in [2.75, 3.05) is 0 Å². The molecule has 0 aliphatic rings. The Labute approximate surface area is 387 Å². The summed E-state index contributed by atoms with van der Waals surface area (Å²) in [6.45, 7) is 16.1. The van der Waals surface area contributed by atoms with Crippen molar-refractivity contribution in [1.29, 1.82) is 0 Å². The molecule has 6 aromatic carbocycles. The van der Waals surface area contributed by atoms with Crippen molar-refractivity contribution in [2.45, 2.75) is 74.0 Å². The molecule has 2 unspecified atom stereocenters. The van der Waals surface area contributed by atoms with Crippen LogP contribution in [0.4, 0.5) is 0 Å². The first kappa shape index (κ1) is 48.5. The van der Waals surface area contributed by atoms with Crippen molar-refractivity contribution >= 4 is 0 Å². The van der Waals surface area contributed by atoms with Crippen molar-refractivity contribution in [3.05, 3.63) is 179 Å². The normalized spacial score (nSPS) is 11.4. The minimum Gasteiger partial charge on any atom is -0.393 e. The molecular weight excluding hydrogens is 1110 g/mol. The van der Waals surface area contributed by atoms with Gasteiger partial charge in [-0.15, -0.1) is 51.2 Å². The van der Waals surface area contributed by atoms with Gasteiger partial charge in [0, 0.05) is 62.6 Å². The van der Waals surface area contributed by atoms with E-state index in [0.29, 0.717) is 6.42 Å². The van der Waals surface area contributed by atoms with E-state index >= 15 is 0 Å². The maximum absolute atomic E-state index is 8.56. The number of hydrogen-bond donors (Lipinski definition) is 2. The van der Waals surface area contributed by atoms with E-state index in [-0.39, 0.29) is 52.4 Å². The minimum atomic E-state index is -0.375. The fourth-order valence-electron chi connectivity index (χ4n) is 7.28. The third-order valence-electron chi connectivity index (χ3n) is 10.1. The maximum atomic E-state index is 8.56. The van der Waals surface area contributed by atoms with Crippen LogP contribution in [0.5, 0.6) is 0 Å². The summed E-state index contributed by atoms with van der Waals surface area (Å²) >= 11 is 0. The van der Waals surface area contributed by atoms with E-state index in [1.54, 1.807) is 13.8 Å². The van der Waals surface area contributed by atoms with Crippen molar-refractivity contribution < 1.29 is 50.4 Å². The third-order valence-corrected chi connectivity index (χ3v) is 10.1. The maximum Gasteiger partial charge on any atom is 0.169 e. The first-order chi connectivity index (χ1) is 28.5. The van der Waals surface area contributed by atoms with E-state index in [1.807, 2.05) is 60.7 Å². The van der Waals surface area contributed by atoms with Gasteiger partial charge in [0.15, 0.2) is 17.5 Å². The van der Waals surface area contributed by atoms with Gasteiger partial charge in [0.2, 0.25) is 0 Å². The van der Waals surface area contributed by atoms with Crippen LogP contribution >= 0.6 is 0 Å². The van der Waals surface area contributed by atoms with Crippen LogP contribution in [0, 0.1) is 47.6 Å². The Morgan fingerprint density at radius 3 is 1.23 bits per heavy atom. The first-order valence-corrected chi connectivity index (χ1v) is 20.0. The topological polar surface area (TPSA) is 102 Å². The first-order valence-electron chi connectivity index (χ1n) is 20.0. The molecule has 0 aliphatic heterocycles. The van der Waals surface area contributed by atoms with E-state index in [4.69, 9.17) is 10.2 Å². The monoisotopic (exact) mass is 1170 g/mol. The predicted molar refractivity (Wildman–Crippen MR) is 240 cm³/mol. The van der Waals surface area contributed by atoms with Gasteiger partial charge in [0.05, 0.1) is 23.7 Å². The second-order valence-corrected chi connectivity index (χ2v) is 15.1. The summed E-state index contributed by atoms with van der Waals surface area (Å²) in [7, 11) is 0. The summed E-state index contributed by atoms with van der Waals surface area (Å²) in [4.78, 5) is 0. The Hall–Kier alpha value is -5.18. The number of rotatable bonds is 8. The Bertz CT molecular complexity index is 2400. The molecule has 0 saturated heterocycles. The Morgan fingerprint density at radius 2 is 0.820 bits per heavy atom. The van der Waals surface area contributed by atoms with Gasteiger partial charge in [-0.25, -0.2) is 0 Å². The fraction of sp³-hybridized carbons (Fsp3) is 0.216. The second-order valence-electron chi connectivity index (χ2n) is 15.1. The van der Waals surface area contributed by atoms with Crippen molar-refractivity contribution in [2.24, 2.45) is 0 Å². The van der Waals surface area contributed by atoms with Crippen LogP contribution in [0.2, 0.25) is 0 Å². The molecule has 0 fully saturated rings. The smallest absolute Gasteiger partial charge is 0.169 e. The van der Waals surface area contributed by atoms with Gasteiger partial charge in [-0.2, -0.15) is 5.10 Å². The Morgan fingerprint density at radius 1 is 0.443 bits per heavy atom. The van der Waals surface area contributed by atoms with Crippen LogP contribution in [0.3, 0.4) is 0 Å². The van der Waals surface area contributed by atoms with Crippen LogP contribution in [0.1, 0.15) is 53.6 Å². The molecule has 2 radical (unpaired) electrons. The number of aryl methyl sites for hydroxylation is 6. The largest absolute Gasteiger partial charge is 0.393 e. The molecular formula is C51H53Ir2N6O2-. The number of aliphatic hydroxyl groups is 2. The Balaban J connectivity index is 0.000000226. The van der Waals surface area contributed by atoms with E-state index < -0.39 is 0 Å². The van der Waals surface area contributed by atoms with Gasteiger partial charge < -0.3 is 14.8 Å². The average molecular weight is 1170 g/mol. The minimum absolute atomic E-state index is 0. The van der Waals surface area contributed by atoms with E-state index in [2.05, 4.69) is 156 Å². The zero-order chi connectivity index (χ0) is 42.1. The number of benzene rings is 6. The molecule has 318 valence electrons. The molecule has 0 spiro atoms. The SMILES string of the molecule is CC(O)CC(C)O.Cc1ccccc1-c1nnc(-c2[c-]cccc2)n1-c1c(C)cccc1C.Cc1ccccc1-c1nnc(-c2ccccc2)n1-c1c(C)cccc1C.[Ir].[Ir]. The zero-order valence-corrected chi connectivity index (χ0v) is 40.7. The summed E-state index contributed by atoms with van der Waals surface area (Å²) in [5.41, 5.74) is 13.6. The average Bonchev–Trinajstić information content (AvgIpc) is 3.84. The number of para-hydroxylation sites is 2. The molecule has 8 rings (SSSR count). The summed E-state index contributed by atoms with van der Waals surface area (Å²) in [6.07, 6.45) is -0.278. The van der Waals surface area contributed by atoms with Gasteiger partial charge in [-0.1, -0.05) is 115 Å². The molecule has 8 aromatic rings. The van der Waals surface area contributed by atoms with Gasteiger partial charge in [0.1, 0.15) is 0 Å². The standard InChI is InChI=1S/C23H21N3.C23H20N3.C5H12O2.2Ir/c2*1-16-10-7-8-15-20(16)23-25-24-22(19-13-5-4-6-14-19)26(23)21-17(2)11-9-12-18(21)3;1-4(6)3-5(2)7;;/h4-15H,1-3H3;4-13,15H,1-3H3;4-7H,3H2,1-2H3;;/q;-1;;;. The molecule has 2 heterocycles. The summed E-state index contributed by atoms with van der Waals surface area (Å²) in [6, 6.07) is 50.8. The van der Waals surface area contributed by atoms with E-state index in [0.717, 1.165) is 56.9 Å². The summed E-state index contributed by atoms with van der Waals surface area (Å²) in [5, 5.41) is 35.4. The number of nitrogens with zero attached hydrogens (tertiary/aromatic N) is 6. The van der Waals surface area contributed by atoms with Gasteiger partial charge in [0.25, 0.3) is 0 Å². The van der Waals surface area contributed by atoms with E-state index in [1.165, 1.54) is 33.4 Å². The Kier molecular flexibility index (Phi) is 18.0. The molecule has 10 heteroatoms. The van der Waals surface area contributed by atoms with Crippen molar-refractivity contribution in [1.82, 2.24) is 29.5 Å². The van der Waals surface area contributed by atoms with Gasteiger partial charge in [-0.05, 0) is 95.2 Å². The van der Waals surface area contributed by atoms with Crippen molar-refractivity contribution in [3.63, 3.8) is 0 Å². The molecule has 0 amide bonds. The zero-order valence-electron chi connectivity index (χ0n) is 35.9. The van der Waals surface area contributed by atoms with Gasteiger partial charge >= 0.3 is 0 Å². The molecule has 61 heavy (non-hydrogen) atoms. The summed E-state index contributed by atoms with van der Waals surface area (Å²) < 4.78 is 4.36. The van der Waals surface area contributed by atoms with Crippen LogP contribution < -0.4 is 0 Å². The van der Waals surface area contributed by atoms with Gasteiger partial charge in [-0.3, -0.25) is 4.57 Å². The second kappa shape index (κ2) is 22.6. The molecule has 2 aromatic heterocycles. The predicted octanol–water partition coefficient (Wildman–Crippen LogP) is 11.0. The molecule has 8 nitrogen and oxygen atoms in total. The summed E-state index contributed by atoms with van der Waals surface area (Å²) in [5.74, 6) is 3.40. The number of hydrogen-bond acceptors (Lipinski definition) is 6. The van der Waals surface area contributed by atoms with E-state index in [9.17, 15) is 0 Å². The van der Waals surface area contributed by atoms with Crippen LogP contribution in [-0.2, 0) is 40.2 Å². The quantitative estimate of drug-likeness (QED) is 0.147. The molecule has 2 N–H and O–H groups in total. The molecule has 2 atom stereocenters. The molecule has 0 saturated carbocycles. The molecule has 0 bridgehead atoms. The molecule has 0 aliphatic carbocycles. The van der Waals surface area contributed by atoms with Crippen molar-refractivity contribution in [3.8, 4) is 56.9 Å². The number of aromatic nitrogens is 6. The van der Waals surface area contributed by atoms with Crippen LogP contribution in [0.25, 0.3) is 56.9 Å². The third kappa shape index (κ3) is 11.6. The fourth-order valence-corrected chi connectivity index (χ4v) is 7.28.